The Kier molecular flexibility index (Phi) is 3.50. The third-order valence-corrected chi connectivity index (χ3v) is 4.07. The Balaban J connectivity index is 3.91. The molecule has 0 heterocycles. The first kappa shape index (κ1) is 8.66. The Labute approximate surface area is 57.8 Å². The first-order chi connectivity index (χ1) is 4.18. The minimum absolute atomic E-state index is 0.847. The van der Waals surface area contributed by atoms with E-state index < -0.39 is 8.32 Å². The van der Waals surface area contributed by atoms with E-state index in [1.54, 1.807) is 11.4 Å². The molecule has 0 fully saturated rings. The van der Waals surface area contributed by atoms with Crippen LogP contribution < -0.4 is 0 Å². The monoisotopic (exact) mass is 142 g/mol. The molecule has 0 aromatic carbocycles. The fourth-order valence-corrected chi connectivity index (χ4v) is 2.06. The fraction of sp³-hybridized carbons (Fsp3) is 0.429. The quantitative estimate of drug-likeness (QED) is 0.593. The van der Waals surface area contributed by atoms with Crippen LogP contribution in [0.25, 0.3) is 0 Å². The molecule has 2 heteroatoms. The first-order valence-electron chi connectivity index (χ1n) is 3.18. The molecule has 9 heavy (non-hydrogen) atoms. The zero-order valence-corrected chi connectivity index (χ0v) is 6.93. The van der Waals surface area contributed by atoms with Gasteiger partial charge in [0.05, 0.1) is 0 Å². The van der Waals surface area contributed by atoms with E-state index >= 15 is 0 Å². The van der Waals surface area contributed by atoms with Gasteiger partial charge in [0.1, 0.15) is 0 Å². The predicted octanol–water partition coefficient (Wildman–Crippen LogP) is 1.78. The lowest BCUT2D eigenvalue weighted by atomic mass is 10.6. The van der Waals surface area contributed by atoms with Crippen LogP contribution in [0.3, 0.4) is 0 Å². The van der Waals surface area contributed by atoms with Crippen molar-refractivity contribution in [3.05, 3.63) is 24.6 Å². The number of hydrogen-bond donors (Lipinski definition) is 1. The SMILES string of the molecule is C=C[Si](O)(C=C)CCC. The minimum atomic E-state index is -2.17. The Morgan fingerprint density at radius 1 is 1.44 bits per heavy atom. The molecular formula is C7H14OSi. The van der Waals surface area contributed by atoms with Crippen LogP contribution in [0, 0.1) is 0 Å². The molecule has 0 unspecified atom stereocenters. The van der Waals surface area contributed by atoms with E-state index in [-0.39, 0.29) is 0 Å². The van der Waals surface area contributed by atoms with Gasteiger partial charge >= 0.3 is 0 Å². The first-order valence-corrected chi connectivity index (χ1v) is 5.49. The molecule has 0 aromatic heterocycles. The highest BCUT2D eigenvalue weighted by Crippen LogP contribution is 2.09. The summed E-state index contributed by atoms with van der Waals surface area (Å²) < 4.78 is 0. The second kappa shape index (κ2) is 3.64. The van der Waals surface area contributed by atoms with Gasteiger partial charge < -0.3 is 4.80 Å². The summed E-state index contributed by atoms with van der Waals surface area (Å²) in [5.41, 5.74) is 3.31. The van der Waals surface area contributed by atoms with E-state index in [9.17, 15) is 4.80 Å². The summed E-state index contributed by atoms with van der Waals surface area (Å²) in [6.45, 7) is 9.17. The summed E-state index contributed by atoms with van der Waals surface area (Å²) in [4.78, 5) is 9.53. The molecule has 1 N–H and O–H groups in total. The topological polar surface area (TPSA) is 20.2 Å². The lowest BCUT2D eigenvalue weighted by Gasteiger charge is -2.13. The van der Waals surface area contributed by atoms with E-state index in [0.29, 0.717) is 0 Å². The van der Waals surface area contributed by atoms with Gasteiger partial charge in [0, 0.05) is 0 Å². The van der Waals surface area contributed by atoms with Gasteiger partial charge in [-0.25, -0.2) is 0 Å². The number of hydrogen-bond acceptors (Lipinski definition) is 1. The zero-order valence-electron chi connectivity index (χ0n) is 5.93. The zero-order chi connectivity index (χ0) is 7.33. The van der Waals surface area contributed by atoms with Crippen molar-refractivity contribution in [1.82, 2.24) is 0 Å². The van der Waals surface area contributed by atoms with E-state index in [0.717, 1.165) is 12.5 Å². The van der Waals surface area contributed by atoms with Crippen LogP contribution in [-0.2, 0) is 0 Å². The molecule has 0 rings (SSSR count). The summed E-state index contributed by atoms with van der Waals surface area (Å²) in [6.07, 6.45) is 1.00. The molecular weight excluding hydrogens is 128 g/mol. The van der Waals surface area contributed by atoms with Crippen molar-refractivity contribution in [2.45, 2.75) is 19.4 Å². The molecule has 0 amide bonds. The molecule has 0 saturated heterocycles. The van der Waals surface area contributed by atoms with E-state index in [2.05, 4.69) is 13.2 Å². The van der Waals surface area contributed by atoms with Crippen molar-refractivity contribution in [2.24, 2.45) is 0 Å². The molecule has 0 saturated carbocycles. The molecule has 0 atom stereocenters. The largest absolute Gasteiger partial charge is 0.425 e. The number of rotatable bonds is 4. The van der Waals surface area contributed by atoms with Gasteiger partial charge in [-0.2, -0.15) is 0 Å². The maximum Gasteiger partial charge on any atom is 0.236 e. The van der Waals surface area contributed by atoms with Crippen LogP contribution in [0.4, 0.5) is 0 Å². The van der Waals surface area contributed by atoms with Gasteiger partial charge in [0.2, 0.25) is 8.32 Å². The fourth-order valence-electron chi connectivity index (χ4n) is 0.688. The van der Waals surface area contributed by atoms with Crippen molar-refractivity contribution in [3.8, 4) is 0 Å². The lowest BCUT2D eigenvalue weighted by molar-refractivity contribution is 0.560. The predicted molar refractivity (Wildman–Crippen MR) is 43.5 cm³/mol. The van der Waals surface area contributed by atoms with Crippen molar-refractivity contribution < 1.29 is 4.80 Å². The molecule has 0 aromatic rings. The van der Waals surface area contributed by atoms with Gasteiger partial charge in [0.25, 0.3) is 0 Å². The smallest absolute Gasteiger partial charge is 0.236 e. The molecule has 1 nitrogen and oxygen atoms in total. The Morgan fingerprint density at radius 3 is 2.00 bits per heavy atom. The molecule has 0 aliphatic carbocycles. The standard InChI is InChI=1S/C7H14OSi/c1-4-7-9(8,5-2)6-3/h5-6,8H,2-4,7H2,1H3. The summed E-state index contributed by atoms with van der Waals surface area (Å²) >= 11 is 0. The van der Waals surface area contributed by atoms with Crippen LogP contribution >= 0.6 is 0 Å². The van der Waals surface area contributed by atoms with Gasteiger partial charge in [-0.05, 0) is 6.04 Å². The van der Waals surface area contributed by atoms with Crippen LogP contribution in [0.5, 0.6) is 0 Å². The molecule has 0 spiro atoms. The summed E-state index contributed by atoms with van der Waals surface area (Å²) in [5.74, 6) is 0. The van der Waals surface area contributed by atoms with Crippen LogP contribution in [0.15, 0.2) is 24.6 Å². The van der Waals surface area contributed by atoms with Crippen LogP contribution in [0.2, 0.25) is 6.04 Å². The molecule has 52 valence electrons. The average molecular weight is 142 g/mol. The van der Waals surface area contributed by atoms with Gasteiger partial charge in [-0.3, -0.25) is 0 Å². The van der Waals surface area contributed by atoms with Crippen molar-refractivity contribution >= 4 is 8.32 Å². The maximum absolute atomic E-state index is 9.53. The van der Waals surface area contributed by atoms with Crippen molar-refractivity contribution in [3.63, 3.8) is 0 Å². The third-order valence-electron chi connectivity index (χ3n) is 1.36. The van der Waals surface area contributed by atoms with Gasteiger partial charge in [0.15, 0.2) is 0 Å². The van der Waals surface area contributed by atoms with Crippen LogP contribution in [0.1, 0.15) is 13.3 Å². The second-order valence-electron chi connectivity index (χ2n) is 2.15. The Hall–Kier alpha value is -0.343. The molecule has 0 aliphatic rings. The third kappa shape index (κ3) is 2.63. The highest BCUT2D eigenvalue weighted by atomic mass is 28.4. The Bertz CT molecular complexity index is 101. The molecule has 0 radical (unpaired) electrons. The Morgan fingerprint density at radius 2 is 1.89 bits per heavy atom. The average Bonchev–Trinajstić information content (AvgIpc) is 1.89. The van der Waals surface area contributed by atoms with Crippen molar-refractivity contribution in [1.29, 1.82) is 0 Å². The maximum atomic E-state index is 9.53. The highest BCUT2D eigenvalue weighted by molar-refractivity contribution is 6.82. The van der Waals surface area contributed by atoms with Gasteiger partial charge in [-0.1, -0.05) is 24.7 Å². The minimum Gasteiger partial charge on any atom is -0.425 e. The second-order valence-corrected chi connectivity index (χ2v) is 5.45. The molecule has 0 aliphatic heterocycles. The van der Waals surface area contributed by atoms with E-state index in [1.807, 2.05) is 6.92 Å². The van der Waals surface area contributed by atoms with Crippen LogP contribution in [-0.4, -0.2) is 13.1 Å². The summed E-state index contributed by atoms with van der Waals surface area (Å²) in [5, 5.41) is 0. The van der Waals surface area contributed by atoms with Gasteiger partial charge in [-0.15, -0.1) is 13.2 Å². The van der Waals surface area contributed by atoms with E-state index in [1.165, 1.54) is 0 Å². The van der Waals surface area contributed by atoms with Crippen molar-refractivity contribution in [2.75, 3.05) is 0 Å². The lowest BCUT2D eigenvalue weighted by Crippen LogP contribution is -2.28. The molecule has 0 bridgehead atoms. The summed E-state index contributed by atoms with van der Waals surface area (Å²) in [6, 6.07) is 0.847. The van der Waals surface area contributed by atoms with E-state index in [4.69, 9.17) is 0 Å². The highest BCUT2D eigenvalue weighted by Gasteiger charge is 2.20. The normalized spacial score (nSPS) is 10.9. The summed E-state index contributed by atoms with van der Waals surface area (Å²) in [7, 11) is -2.17.